The van der Waals surface area contributed by atoms with Crippen LogP contribution in [0.4, 0.5) is 28.9 Å². The third-order valence-electron chi connectivity index (χ3n) is 10.5. The molecule has 2 N–H and O–H groups in total. The summed E-state index contributed by atoms with van der Waals surface area (Å²) in [4.78, 5) is 36.9. The molecule has 16 heteroatoms. The number of aliphatic hydroxyl groups excluding tert-OH is 1. The number of benzene rings is 3. The van der Waals surface area contributed by atoms with Gasteiger partial charge in [0.05, 0.1) is 17.8 Å². The SMILES string of the molecule is CC[C@@H]([C@H](C)O)n1ncn(-c2ccc(N3CCN(c4ccc(-c5ccc(C(F)(F)C(C)(c6ccc(F)cc6F)n6cnc(=O)[nH]6)nc5)cc4)CC3)cc2)c1=O. The molecule has 3 aromatic heterocycles. The highest BCUT2D eigenvalue weighted by atomic mass is 19.3. The summed E-state index contributed by atoms with van der Waals surface area (Å²) in [6.45, 7) is 7.61. The molecule has 7 rings (SSSR count). The molecule has 3 atom stereocenters. The largest absolute Gasteiger partial charge is 0.391 e. The van der Waals surface area contributed by atoms with E-state index in [0.717, 1.165) is 74.6 Å². The lowest BCUT2D eigenvalue weighted by Crippen LogP contribution is -2.48. The Morgan fingerprint density at radius 2 is 1.42 bits per heavy atom. The van der Waals surface area contributed by atoms with Crippen LogP contribution >= 0.6 is 0 Å². The van der Waals surface area contributed by atoms with Crippen LogP contribution in [-0.2, 0) is 11.5 Å². The normalized spacial score (nSPS) is 15.9. The highest BCUT2D eigenvalue weighted by Crippen LogP contribution is 2.47. The van der Waals surface area contributed by atoms with Gasteiger partial charge in [0.1, 0.15) is 30.0 Å². The first kappa shape index (κ1) is 37.3. The van der Waals surface area contributed by atoms with Crippen molar-refractivity contribution in [3.8, 4) is 16.8 Å². The Morgan fingerprint density at radius 1 is 0.818 bits per heavy atom. The fourth-order valence-electron chi connectivity index (χ4n) is 7.18. The van der Waals surface area contributed by atoms with Crippen LogP contribution in [0.15, 0.2) is 107 Å². The molecule has 55 heavy (non-hydrogen) atoms. The Labute approximate surface area is 312 Å². The minimum Gasteiger partial charge on any atom is -0.391 e. The van der Waals surface area contributed by atoms with E-state index in [1.165, 1.54) is 27.8 Å². The molecule has 3 aromatic carbocycles. The molecule has 0 bridgehead atoms. The van der Waals surface area contributed by atoms with Gasteiger partial charge in [-0.3, -0.25) is 9.67 Å². The fourth-order valence-corrected chi connectivity index (χ4v) is 7.18. The van der Waals surface area contributed by atoms with Crippen molar-refractivity contribution in [2.45, 2.75) is 50.8 Å². The molecule has 0 spiro atoms. The van der Waals surface area contributed by atoms with E-state index >= 15 is 13.2 Å². The smallest absolute Gasteiger partial charge is 0.361 e. The molecule has 1 aliphatic heterocycles. The molecule has 1 unspecified atom stereocenters. The number of aromatic nitrogens is 7. The van der Waals surface area contributed by atoms with E-state index in [-0.39, 0.29) is 5.69 Å². The van der Waals surface area contributed by atoms with E-state index in [1.54, 1.807) is 6.92 Å². The second-order valence-corrected chi connectivity index (χ2v) is 13.7. The van der Waals surface area contributed by atoms with Crippen LogP contribution in [0.3, 0.4) is 0 Å². The number of nitrogens with zero attached hydrogens (tertiary/aromatic N) is 8. The van der Waals surface area contributed by atoms with Crippen LogP contribution in [0, 0.1) is 11.6 Å². The van der Waals surface area contributed by atoms with E-state index in [2.05, 4.69) is 30.0 Å². The Kier molecular flexibility index (Phi) is 9.94. The van der Waals surface area contributed by atoms with Crippen LogP contribution < -0.4 is 21.2 Å². The van der Waals surface area contributed by atoms with Crippen LogP contribution in [0.25, 0.3) is 16.8 Å². The number of alkyl halides is 2. The number of pyridine rings is 1. The molecular weight excluding hydrogens is 718 g/mol. The van der Waals surface area contributed by atoms with Crippen molar-refractivity contribution in [3.05, 3.63) is 142 Å². The van der Waals surface area contributed by atoms with Gasteiger partial charge in [0, 0.05) is 60.9 Å². The maximum absolute atomic E-state index is 16.4. The number of aliphatic hydroxyl groups is 1. The van der Waals surface area contributed by atoms with Crippen molar-refractivity contribution in [1.82, 2.24) is 34.1 Å². The van der Waals surface area contributed by atoms with E-state index in [1.807, 2.05) is 55.5 Å². The third-order valence-corrected chi connectivity index (χ3v) is 10.5. The summed E-state index contributed by atoms with van der Waals surface area (Å²) in [6, 6.07) is 19.9. The molecule has 286 valence electrons. The topological polar surface area (TPSA) is 130 Å². The monoisotopic (exact) mass is 757 g/mol. The quantitative estimate of drug-likeness (QED) is 0.167. The lowest BCUT2D eigenvalue weighted by atomic mass is 9.83. The number of nitrogens with one attached hydrogen (secondary N) is 1. The number of H-pyrrole nitrogens is 1. The minimum atomic E-state index is -3.90. The Balaban J connectivity index is 1.02. The Morgan fingerprint density at radius 3 is 1.95 bits per heavy atom. The van der Waals surface area contributed by atoms with Gasteiger partial charge in [0.2, 0.25) is 0 Å². The van der Waals surface area contributed by atoms with Crippen LogP contribution in [0.2, 0.25) is 0 Å². The molecule has 4 heterocycles. The van der Waals surface area contributed by atoms with Gasteiger partial charge in [-0.1, -0.05) is 31.2 Å². The Hall–Kier alpha value is -6.03. The summed E-state index contributed by atoms with van der Waals surface area (Å²) in [5.41, 5.74) is -1.00. The zero-order chi connectivity index (χ0) is 39.1. The highest BCUT2D eigenvalue weighted by molar-refractivity contribution is 5.66. The van der Waals surface area contributed by atoms with Gasteiger partial charge in [-0.15, -0.1) is 0 Å². The van der Waals surface area contributed by atoms with Gasteiger partial charge in [-0.2, -0.15) is 18.9 Å². The van der Waals surface area contributed by atoms with Crippen LogP contribution in [0.5, 0.6) is 0 Å². The van der Waals surface area contributed by atoms with Crippen molar-refractivity contribution in [3.63, 3.8) is 0 Å². The van der Waals surface area contributed by atoms with Gasteiger partial charge in [0.25, 0.3) is 0 Å². The molecule has 12 nitrogen and oxygen atoms in total. The first-order valence-corrected chi connectivity index (χ1v) is 17.8. The van der Waals surface area contributed by atoms with Gasteiger partial charge >= 0.3 is 17.3 Å². The van der Waals surface area contributed by atoms with Gasteiger partial charge in [-0.25, -0.2) is 32.7 Å². The van der Waals surface area contributed by atoms with E-state index in [9.17, 15) is 19.1 Å². The summed E-state index contributed by atoms with van der Waals surface area (Å²) < 4.78 is 65.1. The average molecular weight is 758 g/mol. The number of halogens is 4. The maximum atomic E-state index is 16.4. The van der Waals surface area contributed by atoms with Gasteiger partial charge in [-0.05, 0) is 74.4 Å². The average Bonchev–Trinajstić information content (AvgIpc) is 3.80. The molecule has 0 saturated carbocycles. The van der Waals surface area contributed by atoms with Crippen molar-refractivity contribution < 1.29 is 22.7 Å². The van der Waals surface area contributed by atoms with E-state index < -0.39 is 52.2 Å². The predicted molar refractivity (Wildman–Crippen MR) is 199 cm³/mol. The van der Waals surface area contributed by atoms with E-state index in [0.29, 0.717) is 28.4 Å². The zero-order valence-electron chi connectivity index (χ0n) is 30.3. The lowest BCUT2D eigenvalue weighted by molar-refractivity contribution is -0.103. The summed E-state index contributed by atoms with van der Waals surface area (Å²) >= 11 is 0. The van der Waals surface area contributed by atoms with Crippen LogP contribution in [-0.4, -0.2) is 71.5 Å². The molecule has 6 aromatic rings. The molecule has 1 aliphatic rings. The molecule has 1 fully saturated rings. The second-order valence-electron chi connectivity index (χ2n) is 13.7. The number of hydrogen-bond donors (Lipinski definition) is 2. The maximum Gasteiger partial charge on any atom is 0.361 e. The third kappa shape index (κ3) is 6.81. The molecular formula is C39H39F4N9O3. The highest BCUT2D eigenvalue weighted by Gasteiger charge is 2.57. The number of piperazine rings is 1. The second kappa shape index (κ2) is 14.7. The van der Waals surface area contributed by atoms with Gasteiger partial charge in [0.15, 0.2) is 5.54 Å². The molecule has 0 radical (unpaired) electrons. The number of anilines is 2. The Bertz CT molecular complexity index is 2380. The summed E-state index contributed by atoms with van der Waals surface area (Å²) in [6.07, 6.45) is 3.49. The van der Waals surface area contributed by atoms with Crippen molar-refractivity contribution in [2.24, 2.45) is 0 Å². The first-order valence-electron chi connectivity index (χ1n) is 17.8. The summed E-state index contributed by atoms with van der Waals surface area (Å²) in [5, 5.41) is 16.5. The predicted octanol–water partition coefficient (Wildman–Crippen LogP) is 5.47. The lowest BCUT2D eigenvalue weighted by Gasteiger charge is -2.38. The fraction of sp³-hybridized carbons (Fsp3) is 0.308. The van der Waals surface area contributed by atoms with Crippen molar-refractivity contribution in [1.29, 1.82) is 0 Å². The molecule has 0 amide bonds. The van der Waals surface area contributed by atoms with E-state index in [4.69, 9.17) is 0 Å². The number of aromatic amines is 1. The summed E-state index contributed by atoms with van der Waals surface area (Å²) in [5.74, 6) is -6.06. The van der Waals surface area contributed by atoms with Crippen molar-refractivity contribution >= 4 is 11.4 Å². The standard InChI is InChI=1S/C39H39F4N9O3/c1-4-34(25(2)53)52-37(55)50(24-46-52)31-13-11-30(12-14-31)49-19-17-48(18-20-49)29-9-5-26(6-10-29)27-7-16-35(44-22-27)39(42,43)38(3,51-23-45-36(54)47-51)32-15-8-28(40)21-33(32)41/h5-16,21-25,34,53H,4,17-20H2,1-3H3,(H,47,54)/t25-,34-,38?/m0/s1. The zero-order valence-corrected chi connectivity index (χ0v) is 30.3. The number of rotatable bonds is 11. The first-order chi connectivity index (χ1) is 26.3. The number of hydrogen-bond acceptors (Lipinski definition) is 8. The summed E-state index contributed by atoms with van der Waals surface area (Å²) in [7, 11) is 0. The van der Waals surface area contributed by atoms with Crippen LogP contribution in [0.1, 0.15) is 44.5 Å². The van der Waals surface area contributed by atoms with Gasteiger partial charge < -0.3 is 14.9 Å². The molecule has 1 saturated heterocycles. The van der Waals surface area contributed by atoms with Crippen molar-refractivity contribution in [2.75, 3.05) is 36.0 Å². The molecule has 0 aliphatic carbocycles. The minimum absolute atomic E-state index is 0.306.